The number of piperidine rings is 1. The van der Waals surface area contributed by atoms with Crippen molar-refractivity contribution in [1.29, 1.82) is 0 Å². The normalized spacial score (nSPS) is 26.2. The minimum Gasteiger partial charge on any atom is -0.368 e. The zero-order valence-electron chi connectivity index (χ0n) is 11.5. The highest BCUT2D eigenvalue weighted by atomic mass is 19.1. The Kier molecular flexibility index (Phi) is 3.91. The van der Waals surface area contributed by atoms with Gasteiger partial charge in [0.25, 0.3) is 0 Å². The molecule has 0 saturated carbocycles. The molecule has 1 saturated heterocycles. The monoisotopic (exact) mass is 250 g/mol. The molecule has 3 heteroatoms. The number of anilines is 1. The van der Waals surface area contributed by atoms with Crippen molar-refractivity contribution in [3.8, 4) is 0 Å². The van der Waals surface area contributed by atoms with Crippen molar-refractivity contribution in [2.24, 2.45) is 11.7 Å². The summed E-state index contributed by atoms with van der Waals surface area (Å²) in [7, 11) is 0. The number of hydrogen-bond donors (Lipinski definition) is 1. The van der Waals surface area contributed by atoms with E-state index in [1.54, 1.807) is 6.07 Å². The second-order valence-electron chi connectivity index (χ2n) is 5.68. The Morgan fingerprint density at radius 3 is 2.72 bits per heavy atom. The van der Waals surface area contributed by atoms with Gasteiger partial charge in [-0.1, -0.05) is 6.92 Å². The van der Waals surface area contributed by atoms with Crippen LogP contribution in [-0.4, -0.2) is 12.6 Å². The van der Waals surface area contributed by atoms with Gasteiger partial charge in [-0.15, -0.1) is 0 Å². The van der Waals surface area contributed by atoms with Crippen LogP contribution in [0.1, 0.15) is 45.2 Å². The van der Waals surface area contributed by atoms with Gasteiger partial charge in [0.15, 0.2) is 0 Å². The standard InChI is InChI=1S/C15H23FN2/c1-10-4-5-11(2)18(9-10)15-7-6-13(16)8-14(15)12(3)17/h6-8,10-12H,4-5,9,17H2,1-3H3/t10?,11?,12-/m1/s1. The lowest BCUT2D eigenvalue weighted by molar-refractivity contribution is 0.389. The lowest BCUT2D eigenvalue weighted by Crippen LogP contribution is -2.41. The average molecular weight is 250 g/mol. The molecule has 1 fully saturated rings. The quantitative estimate of drug-likeness (QED) is 0.871. The molecule has 3 atom stereocenters. The van der Waals surface area contributed by atoms with Crippen LogP contribution in [0, 0.1) is 11.7 Å². The fraction of sp³-hybridized carbons (Fsp3) is 0.600. The molecule has 18 heavy (non-hydrogen) atoms. The minimum absolute atomic E-state index is 0.139. The molecular weight excluding hydrogens is 227 g/mol. The first kappa shape index (κ1) is 13.3. The van der Waals surface area contributed by atoms with Crippen LogP contribution in [0.25, 0.3) is 0 Å². The predicted molar refractivity (Wildman–Crippen MR) is 74.2 cm³/mol. The van der Waals surface area contributed by atoms with Crippen LogP contribution in [0.3, 0.4) is 0 Å². The van der Waals surface area contributed by atoms with Gasteiger partial charge < -0.3 is 10.6 Å². The van der Waals surface area contributed by atoms with Gasteiger partial charge in [-0.05, 0) is 56.4 Å². The van der Waals surface area contributed by atoms with Crippen LogP contribution in [0.15, 0.2) is 18.2 Å². The van der Waals surface area contributed by atoms with Crippen LogP contribution in [0.5, 0.6) is 0 Å². The maximum absolute atomic E-state index is 13.4. The van der Waals surface area contributed by atoms with Crippen molar-refractivity contribution in [3.63, 3.8) is 0 Å². The van der Waals surface area contributed by atoms with E-state index >= 15 is 0 Å². The summed E-state index contributed by atoms with van der Waals surface area (Å²) in [5.41, 5.74) is 7.99. The summed E-state index contributed by atoms with van der Waals surface area (Å²) in [6.07, 6.45) is 2.46. The van der Waals surface area contributed by atoms with Gasteiger partial charge in [0.1, 0.15) is 5.82 Å². The van der Waals surface area contributed by atoms with E-state index in [0.717, 1.165) is 17.8 Å². The van der Waals surface area contributed by atoms with Crippen molar-refractivity contribution in [2.45, 2.75) is 45.7 Å². The highest BCUT2D eigenvalue weighted by molar-refractivity contribution is 5.56. The van der Waals surface area contributed by atoms with Crippen LogP contribution >= 0.6 is 0 Å². The van der Waals surface area contributed by atoms with Gasteiger partial charge in [0, 0.05) is 24.3 Å². The number of halogens is 1. The first-order valence-electron chi connectivity index (χ1n) is 6.80. The van der Waals surface area contributed by atoms with E-state index in [2.05, 4.69) is 18.7 Å². The van der Waals surface area contributed by atoms with E-state index in [-0.39, 0.29) is 11.9 Å². The highest BCUT2D eigenvalue weighted by Gasteiger charge is 2.25. The summed E-state index contributed by atoms with van der Waals surface area (Å²) in [4.78, 5) is 2.38. The van der Waals surface area contributed by atoms with Crippen LogP contribution in [0.4, 0.5) is 10.1 Å². The fourth-order valence-electron chi connectivity index (χ4n) is 2.78. The molecule has 0 bridgehead atoms. The summed E-state index contributed by atoms with van der Waals surface area (Å²) >= 11 is 0. The highest BCUT2D eigenvalue weighted by Crippen LogP contribution is 2.32. The third-order valence-electron chi connectivity index (χ3n) is 3.91. The number of nitrogens with two attached hydrogens (primary N) is 1. The van der Waals surface area contributed by atoms with Gasteiger partial charge in [-0.3, -0.25) is 0 Å². The lowest BCUT2D eigenvalue weighted by Gasteiger charge is -2.40. The smallest absolute Gasteiger partial charge is 0.123 e. The lowest BCUT2D eigenvalue weighted by atomic mass is 9.93. The second-order valence-corrected chi connectivity index (χ2v) is 5.68. The molecule has 0 aliphatic carbocycles. The molecule has 1 aliphatic heterocycles. The molecule has 1 aliphatic rings. The molecule has 1 aromatic carbocycles. The largest absolute Gasteiger partial charge is 0.368 e. The Labute approximate surface area is 109 Å². The molecule has 0 spiro atoms. The maximum atomic E-state index is 13.4. The Morgan fingerprint density at radius 1 is 1.33 bits per heavy atom. The van der Waals surface area contributed by atoms with E-state index in [0.29, 0.717) is 12.0 Å². The molecule has 1 aromatic rings. The molecule has 100 valence electrons. The van der Waals surface area contributed by atoms with E-state index in [9.17, 15) is 4.39 Å². The zero-order chi connectivity index (χ0) is 13.3. The van der Waals surface area contributed by atoms with E-state index in [1.165, 1.54) is 18.9 Å². The van der Waals surface area contributed by atoms with Gasteiger partial charge in [0.05, 0.1) is 0 Å². The fourth-order valence-corrected chi connectivity index (χ4v) is 2.78. The van der Waals surface area contributed by atoms with Gasteiger partial charge in [-0.25, -0.2) is 4.39 Å². The summed E-state index contributed by atoms with van der Waals surface area (Å²) in [6.45, 7) is 7.46. The van der Waals surface area contributed by atoms with Gasteiger partial charge in [-0.2, -0.15) is 0 Å². The summed E-state index contributed by atoms with van der Waals surface area (Å²) in [5, 5.41) is 0. The molecule has 0 amide bonds. The van der Waals surface area contributed by atoms with Crippen molar-refractivity contribution in [1.82, 2.24) is 0 Å². The predicted octanol–water partition coefficient (Wildman–Crippen LogP) is 3.47. The van der Waals surface area contributed by atoms with Crippen LogP contribution in [0.2, 0.25) is 0 Å². The number of hydrogen-bond acceptors (Lipinski definition) is 2. The zero-order valence-corrected chi connectivity index (χ0v) is 11.5. The van der Waals surface area contributed by atoms with Crippen molar-refractivity contribution < 1.29 is 4.39 Å². The first-order valence-corrected chi connectivity index (χ1v) is 6.80. The van der Waals surface area contributed by atoms with E-state index in [1.807, 2.05) is 13.0 Å². The maximum Gasteiger partial charge on any atom is 0.123 e. The van der Waals surface area contributed by atoms with E-state index in [4.69, 9.17) is 5.73 Å². The van der Waals surface area contributed by atoms with Crippen molar-refractivity contribution in [3.05, 3.63) is 29.6 Å². The molecular formula is C15H23FN2. The summed E-state index contributed by atoms with van der Waals surface area (Å²) < 4.78 is 13.4. The molecule has 2 rings (SSSR count). The number of benzene rings is 1. The van der Waals surface area contributed by atoms with Gasteiger partial charge >= 0.3 is 0 Å². The SMILES string of the molecule is CC1CCC(C)N(c2ccc(F)cc2[C@@H](C)N)C1. The minimum atomic E-state index is -0.205. The summed E-state index contributed by atoms with van der Waals surface area (Å²) in [6, 6.07) is 5.35. The Hall–Kier alpha value is -1.09. The second kappa shape index (κ2) is 5.27. The molecule has 0 aromatic heterocycles. The Bertz CT molecular complexity index is 417. The molecule has 1 heterocycles. The van der Waals surface area contributed by atoms with Crippen molar-refractivity contribution in [2.75, 3.05) is 11.4 Å². The van der Waals surface area contributed by atoms with E-state index < -0.39 is 0 Å². The third kappa shape index (κ3) is 2.66. The Balaban J connectivity index is 2.36. The topological polar surface area (TPSA) is 29.3 Å². The van der Waals surface area contributed by atoms with Gasteiger partial charge in [0.2, 0.25) is 0 Å². The molecule has 0 radical (unpaired) electrons. The third-order valence-corrected chi connectivity index (χ3v) is 3.91. The Morgan fingerprint density at radius 2 is 2.06 bits per heavy atom. The first-order chi connectivity index (χ1) is 8.49. The average Bonchev–Trinajstić information content (AvgIpc) is 2.32. The number of rotatable bonds is 2. The van der Waals surface area contributed by atoms with Crippen LogP contribution < -0.4 is 10.6 Å². The number of nitrogens with zero attached hydrogens (tertiary/aromatic N) is 1. The van der Waals surface area contributed by atoms with Crippen molar-refractivity contribution >= 4 is 5.69 Å². The molecule has 2 nitrogen and oxygen atoms in total. The molecule has 2 unspecified atom stereocenters. The molecule has 2 N–H and O–H groups in total. The van der Waals surface area contributed by atoms with Crippen LogP contribution in [-0.2, 0) is 0 Å². The summed E-state index contributed by atoms with van der Waals surface area (Å²) in [5.74, 6) is 0.482.